The second kappa shape index (κ2) is 5.53. The fraction of sp³-hybridized carbons (Fsp3) is 0.533. The summed E-state index contributed by atoms with van der Waals surface area (Å²) < 4.78 is 0. The maximum atomic E-state index is 12.6. The Hall–Kier alpha value is -1.35. The minimum absolute atomic E-state index is 0.181. The van der Waals surface area contributed by atoms with E-state index >= 15 is 0 Å². The molecule has 98 valence electrons. The summed E-state index contributed by atoms with van der Waals surface area (Å²) in [5, 5.41) is 0. The van der Waals surface area contributed by atoms with Crippen LogP contribution in [0.1, 0.15) is 31.7 Å². The van der Waals surface area contributed by atoms with Gasteiger partial charge in [0.05, 0.1) is 5.92 Å². The van der Waals surface area contributed by atoms with Gasteiger partial charge in [-0.2, -0.15) is 0 Å². The first-order valence-electron chi connectivity index (χ1n) is 6.70. The van der Waals surface area contributed by atoms with Crippen molar-refractivity contribution in [3.05, 3.63) is 35.9 Å². The third-order valence-corrected chi connectivity index (χ3v) is 4.16. The van der Waals surface area contributed by atoms with Gasteiger partial charge < -0.3 is 10.6 Å². The van der Waals surface area contributed by atoms with Crippen molar-refractivity contribution < 1.29 is 4.79 Å². The number of carbonyl (C=O) groups is 1. The van der Waals surface area contributed by atoms with Crippen LogP contribution in [0, 0.1) is 5.92 Å². The van der Waals surface area contributed by atoms with Gasteiger partial charge in [0.25, 0.3) is 0 Å². The molecule has 1 fully saturated rings. The minimum atomic E-state index is -0.195. The Kier molecular flexibility index (Phi) is 4.02. The minimum Gasteiger partial charge on any atom is -0.339 e. The molecule has 18 heavy (non-hydrogen) atoms. The summed E-state index contributed by atoms with van der Waals surface area (Å²) in [4.78, 5) is 14.6. The molecule has 1 aromatic rings. The smallest absolute Gasteiger partial charge is 0.231 e. The second-order valence-electron chi connectivity index (χ2n) is 5.24. The highest BCUT2D eigenvalue weighted by Crippen LogP contribution is 2.27. The van der Waals surface area contributed by atoms with Crippen LogP contribution >= 0.6 is 0 Å². The summed E-state index contributed by atoms with van der Waals surface area (Å²) in [6.07, 6.45) is 1.10. The van der Waals surface area contributed by atoms with Gasteiger partial charge in [-0.3, -0.25) is 4.79 Å². The number of nitrogens with zero attached hydrogens (tertiary/aromatic N) is 1. The monoisotopic (exact) mass is 246 g/mol. The largest absolute Gasteiger partial charge is 0.339 e. The van der Waals surface area contributed by atoms with Crippen molar-refractivity contribution in [1.29, 1.82) is 0 Å². The number of likely N-dealkylation sites (tertiary alicyclic amines) is 1. The Morgan fingerprint density at radius 3 is 2.56 bits per heavy atom. The first-order valence-corrected chi connectivity index (χ1v) is 6.70. The van der Waals surface area contributed by atoms with Crippen molar-refractivity contribution in [1.82, 2.24) is 4.90 Å². The van der Waals surface area contributed by atoms with Crippen molar-refractivity contribution in [2.45, 2.75) is 32.2 Å². The molecule has 0 saturated carbocycles. The van der Waals surface area contributed by atoms with E-state index in [0.717, 1.165) is 18.5 Å². The van der Waals surface area contributed by atoms with Gasteiger partial charge in [-0.15, -0.1) is 0 Å². The summed E-state index contributed by atoms with van der Waals surface area (Å²) in [5.74, 6) is 0.572. The molecule has 0 aliphatic carbocycles. The van der Waals surface area contributed by atoms with Gasteiger partial charge >= 0.3 is 0 Å². The van der Waals surface area contributed by atoms with Gasteiger partial charge in [0, 0.05) is 19.1 Å². The topological polar surface area (TPSA) is 46.3 Å². The van der Waals surface area contributed by atoms with Crippen LogP contribution in [0.15, 0.2) is 30.3 Å². The molecule has 1 heterocycles. The summed E-state index contributed by atoms with van der Waals surface area (Å²) in [5.41, 5.74) is 6.83. The van der Waals surface area contributed by atoms with Crippen molar-refractivity contribution in [2.24, 2.45) is 11.7 Å². The zero-order chi connectivity index (χ0) is 13.1. The fourth-order valence-corrected chi connectivity index (χ4v) is 2.67. The third kappa shape index (κ3) is 2.41. The fourth-order valence-electron chi connectivity index (χ4n) is 2.67. The van der Waals surface area contributed by atoms with E-state index < -0.39 is 0 Å². The van der Waals surface area contributed by atoms with Crippen LogP contribution in [0.2, 0.25) is 0 Å². The second-order valence-corrected chi connectivity index (χ2v) is 5.24. The van der Waals surface area contributed by atoms with Crippen LogP contribution < -0.4 is 5.73 Å². The number of carbonyl (C=O) groups excluding carboxylic acids is 1. The molecule has 3 atom stereocenters. The summed E-state index contributed by atoms with van der Waals surface area (Å²) in [6, 6.07) is 10.2. The molecule has 1 aromatic carbocycles. The lowest BCUT2D eigenvalue weighted by atomic mass is 9.97. The zero-order valence-corrected chi connectivity index (χ0v) is 11.2. The SMILES string of the molecule is C[C@@H]1CCN(C(=O)[C@H](CN)c2ccccc2)[C@H]1C. The van der Waals surface area contributed by atoms with Gasteiger partial charge in [-0.1, -0.05) is 37.3 Å². The lowest BCUT2D eigenvalue weighted by Crippen LogP contribution is -2.40. The Balaban J connectivity index is 2.16. The molecule has 1 aliphatic rings. The molecule has 3 nitrogen and oxygen atoms in total. The van der Waals surface area contributed by atoms with Gasteiger partial charge in [0.1, 0.15) is 0 Å². The highest BCUT2D eigenvalue weighted by atomic mass is 16.2. The number of amides is 1. The highest BCUT2D eigenvalue weighted by Gasteiger charge is 2.34. The van der Waals surface area contributed by atoms with E-state index in [2.05, 4.69) is 13.8 Å². The van der Waals surface area contributed by atoms with E-state index in [1.165, 1.54) is 0 Å². The molecular weight excluding hydrogens is 224 g/mol. The molecule has 0 unspecified atom stereocenters. The van der Waals surface area contributed by atoms with Crippen molar-refractivity contribution in [2.75, 3.05) is 13.1 Å². The molecule has 2 N–H and O–H groups in total. The molecule has 1 saturated heterocycles. The molecule has 0 aromatic heterocycles. The van der Waals surface area contributed by atoms with Crippen molar-refractivity contribution >= 4 is 5.91 Å². The summed E-state index contributed by atoms with van der Waals surface area (Å²) in [6.45, 7) is 5.58. The Bertz CT molecular complexity index is 404. The molecule has 0 radical (unpaired) electrons. The van der Waals surface area contributed by atoms with E-state index in [1.807, 2.05) is 35.2 Å². The van der Waals surface area contributed by atoms with Gasteiger partial charge in [-0.25, -0.2) is 0 Å². The molecular formula is C15H22N2O. The first-order chi connectivity index (χ1) is 8.65. The van der Waals surface area contributed by atoms with Crippen LogP contribution in [-0.2, 0) is 4.79 Å². The quantitative estimate of drug-likeness (QED) is 0.886. The standard InChI is InChI=1S/C15H22N2O/c1-11-8-9-17(12(11)2)15(18)14(10-16)13-6-4-3-5-7-13/h3-7,11-12,14H,8-10,16H2,1-2H3/t11-,12+,14-/m1/s1. The van der Waals surface area contributed by atoms with E-state index in [4.69, 9.17) is 5.73 Å². The Morgan fingerprint density at radius 2 is 2.06 bits per heavy atom. The average Bonchev–Trinajstić information content (AvgIpc) is 2.72. The predicted molar refractivity (Wildman–Crippen MR) is 73.2 cm³/mol. The maximum Gasteiger partial charge on any atom is 0.231 e. The van der Waals surface area contributed by atoms with Crippen LogP contribution in [-0.4, -0.2) is 29.9 Å². The average molecular weight is 246 g/mol. The van der Waals surface area contributed by atoms with Crippen molar-refractivity contribution in [3.63, 3.8) is 0 Å². The first kappa shape index (κ1) is 13.1. The molecule has 1 aliphatic heterocycles. The van der Waals surface area contributed by atoms with Gasteiger partial charge in [-0.05, 0) is 24.8 Å². The Labute approximate surface area is 109 Å². The number of hydrogen-bond donors (Lipinski definition) is 1. The molecule has 0 spiro atoms. The summed E-state index contributed by atoms with van der Waals surface area (Å²) in [7, 11) is 0. The highest BCUT2D eigenvalue weighted by molar-refractivity contribution is 5.84. The number of rotatable bonds is 3. The van der Waals surface area contributed by atoms with E-state index in [9.17, 15) is 4.79 Å². The predicted octanol–water partition coefficient (Wildman–Crippen LogP) is 1.99. The number of hydrogen-bond acceptors (Lipinski definition) is 2. The van der Waals surface area contributed by atoms with Crippen LogP contribution in [0.25, 0.3) is 0 Å². The Morgan fingerprint density at radius 1 is 1.39 bits per heavy atom. The zero-order valence-electron chi connectivity index (χ0n) is 11.2. The van der Waals surface area contributed by atoms with Gasteiger partial charge in [0.2, 0.25) is 5.91 Å². The summed E-state index contributed by atoms with van der Waals surface area (Å²) >= 11 is 0. The lowest BCUT2D eigenvalue weighted by molar-refractivity contribution is -0.133. The maximum absolute atomic E-state index is 12.6. The number of benzene rings is 1. The van der Waals surface area contributed by atoms with E-state index in [-0.39, 0.29) is 11.8 Å². The van der Waals surface area contributed by atoms with Crippen molar-refractivity contribution in [3.8, 4) is 0 Å². The third-order valence-electron chi connectivity index (χ3n) is 4.16. The molecule has 1 amide bonds. The molecule has 2 rings (SSSR count). The van der Waals surface area contributed by atoms with E-state index in [1.54, 1.807) is 0 Å². The molecule has 3 heteroatoms. The van der Waals surface area contributed by atoms with Crippen LogP contribution in [0.3, 0.4) is 0 Å². The lowest BCUT2D eigenvalue weighted by Gasteiger charge is -2.27. The van der Waals surface area contributed by atoms with E-state index in [0.29, 0.717) is 18.5 Å². The molecule has 0 bridgehead atoms. The van der Waals surface area contributed by atoms with Crippen LogP contribution in [0.5, 0.6) is 0 Å². The van der Waals surface area contributed by atoms with Gasteiger partial charge in [0.15, 0.2) is 0 Å². The van der Waals surface area contributed by atoms with Crippen LogP contribution in [0.4, 0.5) is 0 Å². The normalized spacial score (nSPS) is 25.2. The number of nitrogens with two attached hydrogens (primary N) is 1.